The van der Waals surface area contributed by atoms with Crippen LogP contribution in [0.2, 0.25) is 0 Å². The number of anilines is 3. The summed E-state index contributed by atoms with van der Waals surface area (Å²) >= 11 is 1.84. The molecule has 8 aromatic carbocycles. The zero-order valence-corrected chi connectivity index (χ0v) is 27.6. The van der Waals surface area contributed by atoms with Crippen LogP contribution in [0, 0.1) is 0 Å². The second-order valence-corrected chi connectivity index (χ2v) is 14.0. The smallest absolute Gasteiger partial charge is 0.137 e. The van der Waals surface area contributed by atoms with Crippen LogP contribution >= 0.6 is 11.3 Å². The second kappa shape index (κ2) is 10.6. The standard InChI is InChI=1S/C46H27NO2S/c1-4-10-41-35(7-1)37-21-19-34(27-44(37)49-41)47(33-20-22-46-40(26-33)38-9-3-6-12-45(38)50-46)32-17-15-28(16-18-32)29-13-14-30-25-43-39(24-31(30)23-29)36-8-2-5-11-42(36)48-43/h1-27H. The third kappa shape index (κ3) is 4.22. The summed E-state index contributed by atoms with van der Waals surface area (Å²) in [5.41, 5.74) is 9.20. The van der Waals surface area contributed by atoms with Gasteiger partial charge in [0, 0.05) is 64.8 Å². The van der Waals surface area contributed by atoms with Crippen LogP contribution in [0.1, 0.15) is 0 Å². The van der Waals surface area contributed by atoms with Crippen molar-refractivity contribution in [2.24, 2.45) is 0 Å². The lowest BCUT2D eigenvalue weighted by atomic mass is 9.99. The van der Waals surface area contributed by atoms with Crippen molar-refractivity contribution >= 4 is 103 Å². The van der Waals surface area contributed by atoms with Crippen molar-refractivity contribution in [3.63, 3.8) is 0 Å². The Balaban J connectivity index is 1.04. The molecular formula is C46H27NO2S. The maximum absolute atomic E-state index is 6.36. The minimum atomic E-state index is 0.878. The van der Waals surface area contributed by atoms with Crippen molar-refractivity contribution < 1.29 is 8.83 Å². The average Bonchev–Trinajstić information content (AvgIpc) is 3.84. The van der Waals surface area contributed by atoms with E-state index in [0.717, 1.165) is 60.9 Å². The molecule has 11 aromatic rings. The molecule has 0 fully saturated rings. The maximum Gasteiger partial charge on any atom is 0.137 e. The molecular weight excluding hydrogens is 631 g/mol. The first-order chi connectivity index (χ1) is 24.7. The van der Waals surface area contributed by atoms with Crippen molar-refractivity contribution in [2.75, 3.05) is 4.90 Å². The number of furan rings is 2. The molecule has 3 aromatic heterocycles. The Morgan fingerprint density at radius 3 is 1.76 bits per heavy atom. The molecule has 0 amide bonds. The van der Waals surface area contributed by atoms with Gasteiger partial charge < -0.3 is 13.7 Å². The lowest BCUT2D eigenvalue weighted by Gasteiger charge is -2.26. The fourth-order valence-electron chi connectivity index (χ4n) is 7.60. The Morgan fingerprint density at radius 2 is 0.940 bits per heavy atom. The summed E-state index contributed by atoms with van der Waals surface area (Å²) in [6.45, 7) is 0. The van der Waals surface area contributed by atoms with Crippen molar-refractivity contribution in [3.05, 3.63) is 164 Å². The van der Waals surface area contributed by atoms with E-state index in [1.54, 1.807) is 0 Å². The Hall–Kier alpha value is -6.36. The topological polar surface area (TPSA) is 29.5 Å². The zero-order valence-electron chi connectivity index (χ0n) is 26.8. The van der Waals surface area contributed by atoms with Crippen LogP contribution < -0.4 is 4.90 Å². The Morgan fingerprint density at radius 1 is 0.340 bits per heavy atom. The molecule has 0 atom stereocenters. The summed E-state index contributed by atoms with van der Waals surface area (Å²) in [7, 11) is 0. The monoisotopic (exact) mass is 657 g/mol. The van der Waals surface area contributed by atoms with E-state index in [0.29, 0.717) is 0 Å². The van der Waals surface area contributed by atoms with Crippen LogP contribution in [0.15, 0.2) is 173 Å². The van der Waals surface area contributed by atoms with Crippen molar-refractivity contribution in [1.29, 1.82) is 0 Å². The highest BCUT2D eigenvalue weighted by molar-refractivity contribution is 7.25. The van der Waals surface area contributed by atoms with Gasteiger partial charge in [0.2, 0.25) is 0 Å². The van der Waals surface area contributed by atoms with Gasteiger partial charge in [0.25, 0.3) is 0 Å². The molecule has 3 nitrogen and oxygen atoms in total. The van der Waals surface area contributed by atoms with E-state index in [9.17, 15) is 0 Å². The zero-order chi connectivity index (χ0) is 32.8. The SMILES string of the molecule is c1ccc2c(c1)oc1cc(N(c3ccc(-c4ccc5cc6oc7ccccc7c6cc5c4)cc3)c3ccc4sc5ccccc5c4c3)ccc12. The third-order valence-corrected chi connectivity index (χ3v) is 11.2. The van der Waals surface area contributed by atoms with E-state index >= 15 is 0 Å². The normalized spacial score (nSPS) is 12.0. The molecule has 4 heteroatoms. The lowest BCUT2D eigenvalue weighted by molar-refractivity contribution is 0.669. The van der Waals surface area contributed by atoms with Crippen LogP contribution in [0.3, 0.4) is 0 Å². The molecule has 0 radical (unpaired) electrons. The van der Waals surface area contributed by atoms with E-state index in [1.807, 2.05) is 35.6 Å². The maximum atomic E-state index is 6.36. The first-order valence-corrected chi connectivity index (χ1v) is 17.6. The fourth-order valence-corrected chi connectivity index (χ4v) is 8.69. The molecule has 3 heterocycles. The molecule has 0 aliphatic rings. The van der Waals surface area contributed by atoms with Gasteiger partial charge in [0.1, 0.15) is 22.3 Å². The minimum absolute atomic E-state index is 0.878. The molecule has 0 spiro atoms. The quantitative estimate of drug-likeness (QED) is 0.189. The number of nitrogens with zero attached hydrogens (tertiary/aromatic N) is 1. The summed E-state index contributed by atoms with van der Waals surface area (Å²) in [4.78, 5) is 2.34. The number of fused-ring (bicyclic) bond motifs is 10. The molecule has 234 valence electrons. The summed E-state index contributed by atoms with van der Waals surface area (Å²) in [5, 5.41) is 9.47. The Bertz CT molecular complexity index is 3110. The van der Waals surface area contributed by atoms with E-state index in [1.165, 1.54) is 42.1 Å². The Kier molecular flexibility index (Phi) is 5.83. The molecule has 0 aliphatic carbocycles. The highest BCUT2D eigenvalue weighted by Crippen LogP contribution is 2.43. The predicted molar refractivity (Wildman–Crippen MR) is 212 cm³/mol. The minimum Gasteiger partial charge on any atom is -0.456 e. The molecule has 0 saturated heterocycles. The number of benzene rings is 8. The summed E-state index contributed by atoms with van der Waals surface area (Å²) in [6.07, 6.45) is 0. The average molecular weight is 658 g/mol. The first-order valence-electron chi connectivity index (χ1n) is 16.8. The first kappa shape index (κ1) is 27.6. The van der Waals surface area contributed by atoms with E-state index in [4.69, 9.17) is 8.83 Å². The number of para-hydroxylation sites is 2. The molecule has 0 N–H and O–H groups in total. The van der Waals surface area contributed by atoms with Gasteiger partial charge in [-0.25, -0.2) is 0 Å². The molecule has 0 aliphatic heterocycles. The highest BCUT2D eigenvalue weighted by atomic mass is 32.1. The van der Waals surface area contributed by atoms with Crippen LogP contribution in [0.25, 0.3) is 85.9 Å². The fraction of sp³-hybridized carbons (Fsp3) is 0. The third-order valence-electron chi connectivity index (χ3n) is 10.0. The molecule has 0 unspecified atom stereocenters. The number of hydrogen-bond acceptors (Lipinski definition) is 4. The van der Waals surface area contributed by atoms with Gasteiger partial charge in [0.15, 0.2) is 0 Å². The molecule has 0 bridgehead atoms. The number of thiophene rings is 1. The van der Waals surface area contributed by atoms with Gasteiger partial charge in [0.05, 0.1) is 0 Å². The van der Waals surface area contributed by atoms with E-state index < -0.39 is 0 Å². The van der Waals surface area contributed by atoms with Crippen LogP contribution in [-0.2, 0) is 0 Å². The van der Waals surface area contributed by atoms with Gasteiger partial charge in [-0.1, -0.05) is 78.9 Å². The summed E-state index contributed by atoms with van der Waals surface area (Å²) in [5.74, 6) is 0. The van der Waals surface area contributed by atoms with Crippen LogP contribution in [-0.4, -0.2) is 0 Å². The molecule has 0 saturated carbocycles. The van der Waals surface area contributed by atoms with Gasteiger partial charge >= 0.3 is 0 Å². The molecule has 50 heavy (non-hydrogen) atoms. The number of rotatable bonds is 4. The predicted octanol–water partition coefficient (Wildman–Crippen LogP) is 14.1. The Labute approximate surface area is 290 Å². The van der Waals surface area contributed by atoms with Crippen molar-refractivity contribution in [2.45, 2.75) is 0 Å². The summed E-state index contributed by atoms with van der Waals surface area (Å²) < 4.78 is 15.1. The van der Waals surface area contributed by atoms with E-state index in [-0.39, 0.29) is 0 Å². The second-order valence-electron chi connectivity index (χ2n) is 12.9. The summed E-state index contributed by atoms with van der Waals surface area (Å²) in [6, 6.07) is 58.6. The molecule has 11 rings (SSSR count). The number of hydrogen-bond donors (Lipinski definition) is 0. The van der Waals surface area contributed by atoms with Crippen molar-refractivity contribution in [3.8, 4) is 11.1 Å². The largest absolute Gasteiger partial charge is 0.456 e. The van der Waals surface area contributed by atoms with Crippen molar-refractivity contribution in [1.82, 2.24) is 0 Å². The van der Waals surface area contributed by atoms with Gasteiger partial charge in [-0.2, -0.15) is 0 Å². The van der Waals surface area contributed by atoms with E-state index in [2.05, 4.69) is 144 Å². The lowest BCUT2D eigenvalue weighted by Crippen LogP contribution is -2.09. The highest BCUT2D eigenvalue weighted by Gasteiger charge is 2.18. The van der Waals surface area contributed by atoms with Gasteiger partial charge in [-0.15, -0.1) is 11.3 Å². The van der Waals surface area contributed by atoms with Gasteiger partial charge in [-0.3, -0.25) is 0 Å². The van der Waals surface area contributed by atoms with Gasteiger partial charge in [-0.05, 0) is 101 Å². The van der Waals surface area contributed by atoms with Crippen LogP contribution in [0.4, 0.5) is 17.1 Å². The van der Waals surface area contributed by atoms with Crippen LogP contribution in [0.5, 0.6) is 0 Å².